The van der Waals surface area contributed by atoms with Crippen LogP contribution in [0.2, 0.25) is 0 Å². The molecule has 1 aliphatic rings. The van der Waals surface area contributed by atoms with E-state index >= 15 is 0 Å². The molecule has 0 amide bonds. The summed E-state index contributed by atoms with van der Waals surface area (Å²) in [7, 11) is 1.33. The molecule has 1 aromatic heterocycles. The van der Waals surface area contributed by atoms with Gasteiger partial charge in [-0.15, -0.1) is 0 Å². The highest BCUT2D eigenvalue weighted by Crippen LogP contribution is 2.15. The Hall–Kier alpha value is -1.69. The predicted octanol–water partition coefficient (Wildman–Crippen LogP) is 1.12. The molecule has 1 fully saturated rings. The monoisotopic (exact) mass is 264 g/mol. The third-order valence-electron chi connectivity index (χ3n) is 3.32. The molecule has 0 radical (unpaired) electrons. The van der Waals surface area contributed by atoms with Gasteiger partial charge in [0.15, 0.2) is 0 Å². The predicted molar refractivity (Wildman–Crippen MR) is 72.2 cm³/mol. The second-order valence-electron chi connectivity index (χ2n) is 4.85. The molecule has 104 valence electrons. The molecule has 2 rings (SSSR count). The molecule has 19 heavy (non-hydrogen) atoms. The average Bonchev–Trinajstić information content (AvgIpc) is 2.40. The van der Waals surface area contributed by atoms with E-state index in [1.807, 2.05) is 13.0 Å². The van der Waals surface area contributed by atoms with Crippen LogP contribution in [-0.2, 0) is 4.74 Å². The lowest BCUT2D eigenvalue weighted by Crippen LogP contribution is -2.46. The number of nitrogens with one attached hydrogen (secondary N) is 2. The van der Waals surface area contributed by atoms with Gasteiger partial charge in [0.1, 0.15) is 5.82 Å². The van der Waals surface area contributed by atoms with Gasteiger partial charge in [-0.2, -0.15) is 0 Å². The minimum Gasteiger partial charge on any atom is -0.463 e. The van der Waals surface area contributed by atoms with Gasteiger partial charge in [0.25, 0.3) is 0 Å². The SMILES string of the molecule is COC(=O)c1nc(C)cc(NC2CCCNC2C)n1. The first-order chi connectivity index (χ1) is 9.10. The molecule has 0 aromatic carbocycles. The molecule has 2 atom stereocenters. The fourth-order valence-electron chi connectivity index (χ4n) is 2.26. The Morgan fingerprint density at radius 1 is 1.53 bits per heavy atom. The van der Waals surface area contributed by atoms with Crippen molar-refractivity contribution in [2.45, 2.75) is 38.8 Å². The highest BCUT2D eigenvalue weighted by molar-refractivity contribution is 5.85. The maximum atomic E-state index is 11.5. The summed E-state index contributed by atoms with van der Waals surface area (Å²) in [6.07, 6.45) is 2.22. The molecule has 6 heteroatoms. The number of carbonyl (C=O) groups excluding carboxylic acids is 1. The first-order valence-corrected chi connectivity index (χ1v) is 6.54. The fraction of sp³-hybridized carbons (Fsp3) is 0.615. The first-order valence-electron chi connectivity index (χ1n) is 6.54. The van der Waals surface area contributed by atoms with Crippen LogP contribution in [0.3, 0.4) is 0 Å². The van der Waals surface area contributed by atoms with Gasteiger partial charge in [-0.25, -0.2) is 14.8 Å². The summed E-state index contributed by atoms with van der Waals surface area (Å²) in [6.45, 7) is 5.03. The maximum Gasteiger partial charge on any atom is 0.376 e. The molecule has 0 bridgehead atoms. The fourth-order valence-corrected chi connectivity index (χ4v) is 2.26. The van der Waals surface area contributed by atoms with E-state index in [0.29, 0.717) is 17.9 Å². The van der Waals surface area contributed by atoms with Crippen molar-refractivity contribution in [1.29, 1.82) is 0 Å². The molecular formula is C13H20N4O2. The van der Waals surface area contributed by atoms with Gasteiger partial charge in [-0.05, 0) is 33.2 Å². The normalized spacial score (nSPS) is 22.9. The van der Waals surface area contributed by atoms with E-state index in [0.717, 1.165) is 25.1 Å². The summed E-state index contributed by atoms with van der Waals surface area (Å²) in [5, 5.41) is 6.79. The molecule has 2 N–H and O–H groups in total. The van der Waals surface area contributed by atoms with Gasteiger partial charge < -0.3 is 15.4 Å². The summed E-state index contributed by atoms with van der Waals surface area (Å²) in [5.41, 5.74) is 0.745. The van der Waals surface area contributed by atoms with E-state index in [1.54, 1.807) is 0 Å². The minimum atomic E-state index is -0.512. The van der Waals surface area contributed by atoms with Crippen LogP contribution in [0.5, 0.6) is 0 Å². The van der Waals surface area contributed by atoms with E-state index in [9.17, 15) is 4.79 Å². The standard InChI is InChI=1S/C13H20N4O2/c1-8-7-11(17-12(15-8)13(18)19-3)16-10-5-4-6-14-9(10)2/h7,9-10,14H,4-6H2,1-3H3,(H,15,16,17). The Labute approximate surface area is 113 Å². The second kappa shape index (κ2) is 5.97. The summed E-state index contributed by atoms with van der Waals surface area (Å²) >= 11 is 0. The summed E-state index contributed by atoms with van der Waals surface area (Å²) in [6, 6.07) is 2.53. The highest BCUT2D eigenvalue weighted by atomic mass is 16.5. The van der Waals surface area contributed by atoms with Gasteiger partial charge in [0, 0.05) is 23.8 Å². The van der Waals surface area contributed by atoms with Crippen LogP contribution in [0.4, 0.5) is 5.82 Å². The van der Waals surface area contributed by atoms with E-state index in [4.69, 9.17) is 0 Å². The lowest BCUT2D eigenvalue weighted by atomic mass is 10.00. The number of nitrogens with zero attached hydrogens (tertiary/aromatic N) is 2. The smallest absolute Gasteiger partial charge is 0.376 e. The number of aromatic nitrogens is 2. The van der Waals surface area contributed by atoms with Crippen molar-refractivity contribution in [2.75, 3.05) is 19.0 Å². The van der Waals surface area contributed by atoms with Crippen LogP contribution in [0.15, 0.2) is 6.07 Å². The van der Waals surface area contributed by atoms with Gasteiger partial charge in [0.05, 0.1) is 7.11 Å². The quantitative estimate of drug-likeness (QED) is 0.797. The number of methoxy groups -OCH3 is 1. The Balaban J connectivity index is 2.15. The number of anilines is 1. The largest absolute Gasteiger partial charge is 0.463 e. The van der Waals surface area contributed by atoms with Gasteiger partial charge in [0.2, 0.25) is 5.82 Å². The van der Waals surface area contributed by atoms with Crippen LogP contribution >= 0.6 is 0 Å². The second-order valence-corrected chi connectivity index (χ2v) is 4.85. The summed E-state index contributed by atoms with van der Waals surface area (Å²) in [5.74, 6) is 0.261. The molecule has 0 spiro atoms. The number of piperidine rings is 1. The lowest BCUT2D eigenvalue weighted by molar-refractivity contribution is 0.0586. The van der Waals surface area contributed by atoms with Gasteiger partial charge in [-0.3, -0.25) is 0 Å². The van der Waals surface area contributed by atoms with E-state index in [-0.39, 0.29) is 5.82 Å². The van der Waals surface area contributed by atoms with Crippen molar-refractivity contribution < 1.29 is 9.53 Å². The first kappa shape index (κ1) is 13.7. The zero-order valence-corrected chi connectivity index (χ0v) is 11.6. The number of carbonyl (C=O) groups is 1. The van der Waals surface area contributed by atoms with Crippen LogP contribution in [-0.4, -0.2) is 41.7 Å². The van der Waals surface area contributed by atoms with Crippen LogP contribution < -0.4 is 10.6 Å². The Bertz CT molecular complexity index is 464. The molecule has 0 aliphatic carbocycles. The number of ether oxygens (including phenoxy) is 1. The van der Waals surface area contributed by atoms with Crippen molar-refractivity contribution in [3.63, 3.8) is 0 Å². The summed E-state index contributed by atoms with van der Waals surface area (Å²) < 4.78 is 4.65. The molecule has 1 aromatic rings. The average molecular weight is 264 g/mol. The third kappa shape index (κ3) is 3.41. The van der Waals surface area contributed by atoms with E-state index in [1.165, 1.54) is 7.11 Å². The number of rotatable bonds is 3. The van der Waals surface area contributed by atoms with Crippen molar-refractivity contribution in [2.24, 2.45) is 0 Å². The van der Waals surface area contributed by atoms with Crippen molar-refractivity contribution >= 4 is 11.8 Å². The van der Waals surface area contributed by atoms with Crippen LogP contribution in [0.1, 0.15) is 36.1 Å². The molecule has 0 saturated carbocycles. The molecule has 2 heterocycles. The Morgan fingerprint density at radius 3 is 3.00 bits per heavy atom. The number of hydrogen-bond donors (Lipinski definition) is 2. The van der Waals surface area contributed by atoms with E-state index < -0.39 is 5.97 Å². The Morgan fingerprint density at radius 2 is 2.32 bits per heavy atom. The molecular weight excluding hydrogens is 244 g/mol. The zero-order chi connectivity index (χ0) is 13.8. The third-order valence-corrected chi connectivity index (χ3v) is 3.32. The van der Waals surface area contributed by atoms with E-state index in [2.05, 4.69) is 32.3 Å². The number of esters is 1. The molecule has 1 saturated heterocycles. The minimum absolute atomic E-state index is 0.0985. The lowest BCUT2D eigenvalue weighted by Gasteiger charge is -2.31. The van der Waals surface area contributed by atoms with Gasteiger partial charge >= 0.3 is 5.97 Å². The molecule has 2 unspecified atom stereocenters. The zero-order valence-electron chi connectivity index (χ0n) is 11.6. The number of hydrogen-bond acceptors (Lipinski definition) is 6. The van der Waals surface area contributed by atoms with Crippen molar-refractivity contribution in [3.05, 3.63) is 17.6 Å². The highest BCUT2D eigenvalue weighted by Gasteiger charge is 2.21. The van der Waals surface area contributed by atoms with Gasteiger partial charge in [-0.1, -0.05) is 0 Å². The number of aryl methyl sites for hydroxylation is 1. The maximum absolute atomic E-state index is 11.5. The van der Waals surface area contributed by atoms with Crippen molar-refractivity contribution in [1.82, 2.24) is 15.3 Å². The van der Waals surface area contributed by atoms with Crippen molar-refractivity contribution in [3.8, 4) is 0 Å². The van der Waals surface area contributed by atoms with Crippen LogP contribution in [0, 0.1) is 6.92 Å². The molecule has 6 nitrogen and oxygen atoms in total. The molecule has 1 aliphatic heterocycles. The summed E-state index contributed by atoms with van der Waals surface area (Å²) in [4.78, 5) is 19.8. The topological polar surface area (TPSA) is 76.1 Å². The van der Waals surface area contributed by atoms with Crippen LogP contribution in [0.25, 0.3) is 0 Å². The Kier molecular flexibility index (Phi) is 4.31.